The number of hydrogen-bond donors (Lipinski definition) is 0. The Morgan fingerprint density at radius 3 is 2.26 bits per heavy atom. The van der Waals surface area contributed by atoms with Crippen molar-refractivity contribution in [2.45, 2.75) is 24.5 Å². The molecule has 0 amide bonds. The number of carbonyl (C=O) groups is 2. The first kappa shape index (κ1) is 14.1. The van der Waals surface area contributed by atoms with Crippen LogP contribution < -0.4 is 0 Å². The standard InChI is InChI=1S/C20H16O3/c1-13(21)20-17(15-10-6-3-7-11-15)16(18(22)19(20)23-20)12-14-8-4-2-5-9-14/h2-12,17,19H,1H3/b16-12-/t17-,19-,20+/m1/s1. The van der Waals surface area contributed by atoms with Gasteiger partial charge in [-0.05, 0) is 24.1 Å². The van der Waals surface area contributed by atoms with E-state index in [0.29, 0.717) is 5.57 Å². The Morgan fingerprint density at radius 2 is 1.65 bits per heavy atom. The molecule has 0 unspecified atom stereocenters. The maximum atomic E-state index is 12.7. The van der Waals surface area contributed by atoms with Crippen LogP contribution in [-0.2, 0) is 14.3 Å². The van der Waals surface area contributed by atoms with Gasteiger partial charge in [0.05, 0.1) is 5.92 Å². The van der Waals surface area contributed by atoms with Crippen LogP contribution in [0.3, 0.4) is 0 Å². The van der Waals surface area contributed by atoms with Crippen LogP contribution in [0.1, 0.15) is 24.0 Å². The predicted molar refractivity (Wildman–Crippen MR) is 86.9 cm³/mol. The first-order valence-corrected chi connectivity index (χ1v) is 7.69. The summed E-state index contributed by atoms with van der Waals surface area (Å²) in [6.07, 6.45) is 1.26. The van der Waals surface area contributed by atoms with Crippen LogP contribution in [0, 0.1) is 0 Å². The molecule has 2 fully saturated rings. The molecular weight excluding hydrogens is 288 g/mol. The van der Waals surface area contributed by atoms with Gasteiger partial charge in [-0.15, -0.1) is 0 Å². The Balaban J connectivity index is 1.87. The van der Waals surface area contributed by atoms with Gasteiger partial charge in [-0.3, -0.25) is 9.59 Å². The molecule has 0 N–H and O–H groups in total. The molecule has 2 aromatic carbocycles. The number of hydrogen-bond acceptors (Lipinski definition) is 3. The molecule has 1 heterocycles. The zero-order chi connectivity index (χ0) is 16.0. The number of fused-ring (bicyclic) bond motifs is 1. The first-order valence-electron chi connectivity index (χ1n) is 7.69. The van der Waals surface area contributed by atoms with Crippen LogP contribution in [0.25, 0.3) is 6.08 Å². The normalized spacial score (nSPS) is 30.3. The lowest BCUT2D eigenvalue weighted by Gasteiger charge is -2.20. The molecule has 23 heavy (non-hydrogen) atoms. The highest BCUT2D eigenvalue weighted by Crippen LogP contribution is 2.59. The molecule has 0 bridgehead atoms. The first-order chi connectivity index (χ1) is 11.1. The van der Waals surface area contributed by atoms with E-state index in [1.54, 1.807) is 0 Å². The minimum atomic E-state index is -1.00. The molecule has 1 aliphatic heterocycles. The van der Waals surface area contributed by atoms with Gasteiger partial charge >= 0.3 is 0 Å². The van der Waals surface area contributed by atoms with Crippen LogP contribution in [0.15, 0.2) is 66.2 Å². The molecule has 114 valence electrons. The summed E-state index contributed by atoms with van der Waals surface area (Å²) in [7, 11) is 0. The van der Waals surface area contributed by atoms with Gasteiger partial charge < -0.3 is 4.74 Å². The lowest BCUT2D eigenvalue weighted by molar-refractivity contribution is -0.122. The molecule has 0 spiro atoms. The lowest BCUT2D eigenvalue weighted by Crippen LogP contribution is -2.29. The largest absolute Gasteiger partial charge is 0.348 e. The number of ketones is 2. The van der Waals surface area contributed by atoms with E-state index in [-0.39, 0.29) is 17.5 Å². The fourth-order valence-corrected chi connectivity index (χ4v) is 3.58. The number of rotatable bonds is 3. The molecule has 1 saturated heterocycles. The van der Waals surface area contributed by atoms with Crippen molar-refractivity contribution in [3.63, 3.8) is 0 Å². The van der Waals surface area contributed by atoms with Gasteiger partial charge in [0.2, 0.25) is 0 Å². The highest BCUT2D eigenvalue weighted by Gasteiger charge is 2.75. The maximum Gasteiger partial charge on any atom is 0.191 e. The molecule has 4 rings (SSSR count). The van der Waals surface area contributed by atoms with Crippen molar-refractivity contribution in [1.29, 1.82) is 0 Å². The Morgan fingerprint density at radius 1 is 1.04 bits per heavy atom. The Kier molecular flexibility index (Phi) is 3.06. The quantitative estimate of drug-likeness (QED) is 0.646. The minimum absolute atomic E-state index is 0.0714. The van der Waals surface area contributed by atoms with Crippen LogP contribution in [0.5, 0.6) is 0 Å². The summed E-state index contributed by atoms with van der Waals surface area (Å²) in [5.41, 5.74) is 1.56. The Hall–Kier alpha value is -2.52. The zero-order valence-electron chi connectivity index (χ0n) is 12.7. The Labute approximate surface area is 134 Å². The third-order valence-electron chi connectivity index (χ3n) is 4.71. The summed E-state index contributed by atoms with van der Waals surface area (Å²) in [6.45, 7) is 1.51. The van der Waals surface area contributed by atoms with Crippen LogP contribution in [0.2, 0.25) is 0 Å². The van der Waals surface area contributed by atoms with E-state index in [0.717, 1.165) is 11.1 Å². The van der Waals surface area contributed by atoms with Gasteiger partial charge in [-0.1, -0.05) is 60.7 Å². The SMILES string of the molecule is CC(=O)[C@@]12O[C@@H]1C(=O)/C(=C\c1ccccc1)[C@H]2c1ccccc1. The molecule has 3 nitrogen and oxygen atoms in total. The third kappa shape index (κ3) is 2.01. The molecule has 2 aliphatic rings. The molecule has 3 heteroatoms. The smallest absolute Gasteiger partial charge is 0.191 e. The molecule has 0 radical (unpaired) electrons. The van der Waals surface area contributed by atoms with E-state index in [2.05, 4.69) is 0 Å². The van der Waals surface area contributed by atoms with Gasteiger partial charge in [0.25, 0.3) is 0 Å². The van der Waals surface area contributed by atoms with Crippen molar-refractivity contribution >= 4 is 17.6 Å². The second-order valence-electron chi connectivity index (χ2n) is 6.07. The zero-order valence-corrected chi connectivity index (χ0v) is 12.7. The highest BCUT2D eigenvalue weighted by atomic mass is 16.6. The molecule has 1 aliphatic carbocycles. The Bertz CT molecular complexity index is 807. The van der Waals surface area contributed by atoms with Gasteiger partial charge in [0.1, 0.15) is 0 Å². The fourth-order valence-electron chi connectivity index (χ4n) is 3.58. The average molecular weight is 304 g/mol. The summed E-state index contributed by atoms with van der Waals surface area (Å²) in [4.78, 5) is 24.9. The summed E-state index contributed by atoms with van der Waals surface area (Å²) >= 11 is 0. The van der Waals surface area contributed by atoms with Crippen LogP contribution in [0.4, 0.5) is 0 Å². The van der Waals surface area contributed by atoms with Crippen molar-refractivity contribution in [1.82, 2.24) is 0 Å². The fraction of sp³-hybridized carbons (Fsp3) is 0.200. The summed E-state index contributed by atoms with van der Waals surface area (Å²) in [6, 6.07) is 19.4. The summed E-state index contributed by atoms with van der Waals surface area (Å²) in [5, 5.41) is 0. The van der Waals surface area contributed by atoms with E-state index in [1.165, 1.54) is 6.92 Å². The number of Topliss-reactive ketones (excluding diaryl/α,β-unsaturated/α-hetero) is 2. The van der Waals surface area contributed by atoms with Crippen molar-refractivity contribution in [2.24, 2.45) is 0 Å². The minimum Gasteiger partial charge on any atom is -0.348 e. The van der Waals surface area contributed by atoms with E-state index < -0.39 is 11.7 Å². The highest BCUT2D eigenvalue weighted by molar-refractivity contribution is 6.16. The molecule has 3 atom stereocenters. The van der Waals surface area contributed by atoms with E-state index in [1.807, 2.05) is 66.7 Å². The monoisotopic (exact) mass is 304 g/mol. The summed E-state index contributed by atoms with van der Waals surface area (Å²) < 4.78 is 5.61. The molecule has 2 aromatic rings. The van der Waals surface area contributed by atoms with Crippen molar-refractivity contribution in [3.05, 3.63) is 77.4 Å². The van der Waals surface area contributed by atoms with Crippen molar-refractivity contribution in [2.75, 3.05) is 0 Å². The average Bonchev–Trinajstić information content (AvgIpc) is 3.27. The predicted octanol–water partition coefficient (Wildman–Crippen LogP) is 3.16. The van der Waals surface area contributed by atoms with Gasteiger partial charge in [0.15, 0.2) is 23.3 Å². The molecule has 0 aromatic heterocycles. The molecular formula is C20H16O3. The topological polar surface area (TPSA) is 46.7 Å². The second-order valence-corrected chi connectivity index (χ2v) is 6.07. The lowest BCUT2D eigenvalue weighted by atomic mass is 9.82. The maximum absolute atomic E-state index is 12.7. The van der Waals surface area contributed by atoms with E-state index in [9.17, 15) is 9.59 Å². The number of carbonyl (C=O) groups excluding carboxylic acids is 2. The second kappa shape index (κ2) is 5.00. The number of epoxide rings is 1. The van der Waals surface area contributed by atoms with Crippen LogP contribution in [-0.4, -0.2) is 23.3 Å². The third-order valence-corrected chi connectivity index (χ3v) is 4.71. The van der Waals surface area contributed by atoms with Gasteiger partial charge in [0, 0.05) is 5.57 Å². The number of benzene rings is 2. The van der Waals surface area contributed by atoms with Crippen LogP contribution >= 0.6 is 0 Å². The number of ether oxygens (including phenoxy) is 1. The van der Waals surface area contributed by atoms with Crippen molar-refractivity contribution < 1.29 is 14.3 Å². The van der Waals surface area contributed by atoms with E-state index in [4.69, 9.17) is 4.74 Å². The van der Waals surface area contributed by atoms with Crippen molar-refractivity contribution in [3.8, 4) is 0 Å². The molecule has 1 saturated carbocycles. The summed E-state index contributed by atoms with van der Waals surface area (Å²) in [5.74, 6) is -0.488. The van der Waals surface area contributed by atoms with Gasteiger partial charge in [-0.25, -0.2) is 0 Å². The van der Waals surface area contributed by atoms with Gasteiger partial charge in [-0.2, -0.15) is 0 Å². The van der Waals surface area contributed by atoms with E-state index >= 15 is 0 Å².